The molecular weight excluding hydrogens is 245 g/mol. The summed E-state index contributed by atoms with van der Waals surface area (Å²) >= 11 is 3.23. The molecule has 0 unspecified atom stereocenters. The Bertz CT molecular complexity index is 323. The Morgan fingerprint density at radius 2 is 2.07 bits per heavy atom. The Kier molecular flexibility index (Phi) is 3.67. The van der Waals surface area contributed by atoms with Crippen LogP contribution in [0.1, 0.15) is 19.4 Å². The van der Waals surface area contributed by atoms with Crippen molar-refractivity contribution in [3.05, 3.63) is 34.1 Å². The van der Waals surface area contributed by atoms with Gasteiger partial charge in [0.15, 0.2) is 0 Å². The van der Waals surface area contributed by atoms with Crippen LogP contribution in [0.15, 0.2) is 22.7 Å². The van der Waals surface area contributed by atoms with Gasteiger partial charge in [-0.25, -0.2) is 4.39 Å². The Hall–Kier alpha value is -0.410. The standard InChI is InChI=1S/C11H15BrFN/c1-11(2,7-14)6-8-3-4-9(12)5-10(8)13/h3-5H,6-7,14H2,1-2H3. The lowest BCUT2D eigenvalue weighted by Crippen LogP contribution is -2.26. The quantitative estimate of drug-likeness (QED) is 0.887. The summed E-state index contributed by atoms with van der Waals surface area (Å²) < 4.78 is 14.2. The van der Waals surface area contributed by atoms with Crippen LogP contribution in [0.25, 0.3) is 0 Å². The average Bonchev–Trinajstić information content (AvgIpc) is 2.10. The lowest BCUT2D eigenvalue weighted by molar-refractivity contribution is 0.370. The second-order valence-corrected chi connectivity index (χ2v) is 5.20. The van der Waals surface area contributed by atoms with Crippen molar-refractivity contribution in [3.8, 4) is 0 Å². The molecule has 0 amide bonds. The van der Waals surface area contributed by atoms with E-state index in [2.05, 4.69) is 15.9 Å². The van der Waals surface area contributed by atoms with E-state index in [1.165, 1.54) is 6.07 Å². The van der Waals surface area contributed by atoms with Gasteiger partial charge < -0.3 is 5.73 Å². The maximum absolute atomic E-state index is 13.4. The molecule has 0 aliphatic rings. The minimum atomic E-state index is -0.166. The molecule has 0 fully saturated rings. The second kappa shape index (κ2) is 4.41. The summed E-state index contributed by atoms with van der Waals surface area (Å²) in [5, 5.41) is 0. The zero-order chi connectivity index (χ0) is 10.8. The van der Waals surface area contributed by atoms with Crippen molar-refractivity contribution in [2.75, 3.05) is 6.54 Å². The van der Waals surface area contributed by atoms with Crippen LogP contribution in [-0.2, 0) is 6.42 Å². The SMILES string of the molecule is CC(C)(CN)Cc1ccc(Br)cc1F. The number of hydrogen-bond acceptors (Lipinski definition) is 1. The van der Waals surface area contributed by atoms with Crippen molar-refractivity contribution >= 4 is 15.9 Å². The highest BCUT2D eigenvalue weighted by Crippen LogP contribution is 2.23. The third kappa shape index (κ3) is 3.07. The summed E-state index contributed by atoms with van der Waals surface area (Å²) in [7, 11) is 0. The van der Waals surface area contributed by atoms with E-state index in [0.29, 0.717) is 13.0 Å². The predicted octanol–water partition coefficient (Wildman–Crippen LogP) is 3.12. The van der Waals surface area contributed by atoms with Gasteiger partial charge in [-0.15, -0.1) is 0 Å². The van der Waals surface area contributed by atoms with Crippen molar-refractivity contribution in [1.82, 2.24) is 0 Å². The van der Waals surface area contributed by atoms with Gasteiger partial charge in [-0.05, 0) is 36.1 Å². The Morgan fingerprint density at radius 3 is 2.57 bits per heavy atom. The first kappa shape index (κ1) is 11.7. The topological polar surface area (TPSA) is 26.0 Å². The lowest BCUT2D eigenvalue weighted by atomic mass is 9.86. The van der Waals surface area contributed by atoms with E-state index in [1.807, 2.05) is 19.9 Å². The highest BCUT2D eigenvalue weighted by molar-refractivity contribution is 9.10. The van der Waals surface area contributed by atoms with Crippen LogP contribution in [0.5, 0.6) is 0 Å². The largest absolute Gasteiger partial charge is 0.330 e. The molecule has 0 aliphatic heterocycles. The Labute approximate surface area is 92.6 Å². The monoisotopic (exact) mass is 259 g/mol. The molecule has 78 valence electrons. The third-order valence-corrected chi connectivity index (χ3v) is 2.73. The summed E-state index contributed by atoms with van der Waals surface area (Å²) in [6.07, 6.45) is 0.669. The molecule has 0 aliphatic carbocycles. The molecule has 0 aromatic heterocycles. The summed E-state index contributed by atoms with van der Waals surface area (Å²) in [4.78, 5) is 0. The first-order valence-corrected chi connectivity index (χ1v) is 5.38. The molecule has 0 bridgehead atoms. The highest BCUT2D eigenvalue weighted by Gasteiger charge is 2.18. The summed E-state index contributed by atoms with van der Waals surface area (Å²) in [6, 6.07) is 5.14. The van der Waals surface area contributed by atoms with Crippen molar-refractivity contribution in [2.45, 2.75) is 20.3 Å². The van der Waals surface area contributed by atoms with Crippen molar-refractivity contribution < 1.29 is 4.39 Å². The predicted molar refractivity (Wildman–Crippen MR) is 60.6 cm³/mol. The van der Waals surface area contributed by atoms with E-state index >= 15 is 0 Å². The molecule has 0 spiro atoms. The highest BCUT2D eigenvalue weighted by atomic mass is 79.9. The molecule has 1 nitrogen and oxygen atoms in total. The minimum Gasteiger partial charge on any atom is -0.330 e. The smallest absolute Gasteiger partial charge is 0.127 e. The van der Waals surface area contributed by atoms with Gasteiger partial charge in [-0.2, -0.15) is 0 Å². The van der Waals surface area contributed by atoms with Gasteiger partial charge >= 0.3 is 0 Å². The molecule has 0 saturated heterocycles. The average molecular weight is 260 g/mol. The summed E-state index contributed by atoms with van der Waals surface area (Å²) in [6.45, 7) is 4.63. The van der Waals surface area contributed by atoms with Crippen LogP contribution in [0, 0.1) is 11.2 Å². The third-order valence-electron chi connectivity index (χ3n) is 2.24. The fourth-order valence-electron chi connectivity index (χ4n) is 1.25. The first-order valence-electron chi connectivity index (χ1n) is 4.58. The van der Waals surface area contributed by atoms with Crippen molar-refractivity contribution in [3.63, 3.8) is 0 Å². The maximum Gasteiger partial charge on any atom is 0.127 e. The van der Waals surface area contributed by atoms with Crippen LogP contribution in [0.3, 0.4) is 0 Å². The normalized spacial score (nSPS) is 11.8. The molecule has 1 aromatic carbocycles. The van der Waals surface area contributed by atoms with Crippen LogP contribution in [-0.4, -0.2) is 6.54 Å². The molecule has 3 heteroatoms. The van der Waals surface area contributed by atoms with E-state index < -0.39 is 0 Å². The summed E-state index contributed by atoms with van der Waals surface area (Å²) in [5.41, 5.74) is 6.28. The molecule has 0 heterocycles. The van der Waals surface area contributed by atoms with E-state index in [1.54, 1.807) is 6.07 Å². The van der Waals surface area contributed by atoms with Gasteiger partial charge in [0.1, 0.15) is 5.82 Å². The Morgan fingerprint density at radius 1 is 1.43 bits per heavy atom. The molecule has 14 heavy (non-hydrogen) atoms. The molecule has 1 aromatic rings. The number of hydrogen-bond donors (Lipinski definition) is 1. The molecule has 0 radical (unpaired) electrons. The fourth-order valence-corrected chi connectivity index (χ4v) is 1.59. The zero-order valence-corrected chi connectivity index (χ0v) is 10.1. The summed E-state index contributed by atoms with van der Waals surface area (Å²) in [5.74, 6) is -0.166. The zero-order valence-electron chi connectivity index (χ0n) is 8.48. The Balaban J connectivity index is 2.87. The van der Waals surface area contributed by atoms with Crippen LogP contribution in [0.4, 0.5) is 4.39 Å². The van der Waals surface area contributed by atoms with E-state index in [0.717, 1.165) is 10.0 Å². The van der Waals surface area contributed by atoms with Gasteiger partial charge in [0.25, 0.3) is 0 Å². The fraction of sp³-hybridized carbons (Fsp3) is 0.455. The van der Waals surface area contributed by atoms with E-state index in [-0.39, 0.29) is 11.2 Å². The number of rotatable bonds is 3. The molecular formula is C11H15BrFN. The minimum absolute atomic E-state index is 0.0470. The van der Waals surface area contributed by atoms with Gasteiger partial charge in [0.05, 0.1) is 0 Å². The lowest BCUT2D eigenvalue weighted by Gasteiger charge is -2.22. The first-order chi connectivity index (χ1) is 6.44. The van der Waals surface area contributed by atoms with Crippen LogP contribution in [0.2, 0.25) is 0 Å². The molecule has 2 N–H and O–H groups in total. The van der Waals surface area contributed by atoms with Gasteiger partial charge in [0, 0.05) is 4.47 Å². The van der Waals surface area contributed by atoms with Gasteiger partial charge in [0.2, 0.25) is 0 Å². The maximum atomic E-state index is 13.4. The van der Waals surface area contributed by atoms with Crippen molar-refractivity contribution in [1.29, 1.82) is 0 Å². The molecule has 0 saturated carbocycles. The van der Waals surface area contributed by atoms with Gasteiger partial charge in [-0.3, -0.25) is 0 Å². The van der Waals surface area contributed by atoms with Crippen LogP contribution < -0.4 is 5.73 Å². The number of benzene rings is 1. The van der Waals surface area contributed by atoms with E-state index in [9.17, 15) is 4.39 Å². The van der Waals surface area contributed by atoms with Crippen molar-refractivity contribution in [2.24, 2.45) is 11.1 Å². The number of nitrogens with two attached hydrogens (primary N) is 1. The number of halogens is 2. The molecule has 1 rings (SSSR count). The van der Waals surface area contributed by atoms with Crippen LogP contribution >= 0.6 is 15.9 Å². The van der Waals surface area contributed by atoms with E-state index in [4.69, 9.17) is 5.73 Å². The molecule has 0 atom stereocenters. The second-order valence-electron chi connectivity index (χ2n) is 4.28. The van der Waals surface area contributed by atoms with Gasteiger partial charge in [-0.1, -0.05) is 35.8 Å².